The fraction of sp³-hybridized carbons (Fsp3) is 0.458. The number of benzene rings is 2. The van der Waals surface area contributed by atoms with E-state index >= 15 is 0 Å². The highest BCUT2D eigenvalue weighted by molar-refractivity contribution is 7.88. The Balaban J connectivity index is 1.61. The highest BCUT2D eigenvalue weighted by Gasteiger charge is 2.32. The molecule has 1 saturated heterocycles. The molecule has 5 nitrogen and oxygen atoms in total. The third-order valence-corrected chi connectivity index (χ3v) is 8.35. The van der Waals surface area contributed by atoms with Crippen molar-refractivity contribution in [2.75, 3.05) is 13.1 Å². The highest BCUT2D eigenvalue weighted by atomic mass is 35.5. The molecule has 0 saturated carbocycles. The Hall–Kier alpha value is -1.60. The second kappa shape index (κ2) is 11.0. The molecule has 1 amide bonds. The van der Waals surface area contributed by atoms with Crippen molar-refractivity contribution in [2.45, 2.75) is 44.9 Å². The molecule has 0 unspecified atom stereocenters. The zero-order chi connectivity index (χ0) is 23.3. The summed E-state index contributed by atoms with van der Waals surface area (Å²) in [5.41, 5.74) is 1.50. The van der Waals surface area contributed by atoms with E-state index in [9.17, 15) is 13.2 Å². The summed E-state index contributed by atoms with van der Waals surface area (Å²) in [6.07, 6.45) is 1.83. The Morgan fingerprint density at radius 2 is 1.62 bits per heavy atom. The lowest BCUT2D eigenvalue weighted by atomic mass is 9.93. The first-order valence-electron chi connectivity index (χ1n) is 10.9. The molecule has 0 radical (unpaired) electrons. The Kier molecular flexibility index (Phi) is 8.62. The van der Waals surface area contributed by atoms with Gasteiger partial charge in [0.05, 0.1) is 11.8 Å². The van der Waals surface area contributed by atoms with Crippen molar-refractivity contribution < 1.29 is 13.2 Å². The number of piperidine rings is 1. The molecule has 0 bridgehead atoms. The van der Waals surface area contributed by atoms with Gasteiger partial charge >= 0.3 is 0 Å². The quantitative estimate of drug-likeness (QED) is 0.528. The standard InChI is InChI=1S/C24H30Cl2N2O3S/c1-17(2)15-23(18-7-4-3-5-8-18)27-24(29)19-11-13-28(14-12-19)32(30,31)16-20-21(25)9-6-10-22(20)26/h3-10,17,19,23H,11-16H2,1-2H3,(H,27,29)/t23-/m0/s1. The van der Waals surface area contributed by atoms with Gasteiger partial charge in [0.2, 0.25) is 15.9 Å². The largest absolute Gasteiger partial charge is 0.349 e. The zero-order valence-electron chi connectivity index (χ0n) is 18.4. The monoisotopic (exact) mass is 496 g/mol. The first kappa shape index (κ1) is 25.0. The number of nitrogens with zero attached hydrogens (tertiary/aromatic N) is 1. The molecular weight excluding hydrogens is 467 g/mol. The van der Waals surface area contributed by atoms with Gasteiger partial charge in [-0.25, -0.2) is 12.7 Å². The summed E-state index contributed by atoms with van der Waals surface area (Å²) < 4.78 is 27.3. The van der Waals surface area contributed by atoms with Crippen LogP contribution in [-0.4, -0.2) is 31.7 Å². The molecule has 1 aliphatic rings. The third-order valence-electron chi connectivity index (χ3n) is 5.83. The Morgan fingerprint density at radius 1 is 1.03 bits per heavy atom. The molecule has 0 spiro atoms. The molecule has 1 atom stereocenters. The van der Waals surface area contributed by atoms with Gasteiger partial charge in [-0.2, -0.15) is 0 Å². The van der Waals surface area contributed by atoms with Crippen molar-refractivity contribution in [2.24, 2.45) is 11.8 Å². The average Bonchev–Trinajstić information content (AvgIpc) is 2.76. The maximum absolute atomic E-state index is 13.0. The molecule has 2 aromatic rings. The number of halogens is 2. The van der Waals surface area contributed by atoms with E-state index < -0.39 is 10.0 Å². The minimum Gasteiger partial charge on any atom is -0.349 e. The number of carbonyl (C=O) groups is 1. The van der Waals surface area contributed by atoms with Crippen molar-refractivity contribution in [3.05, 3.63) is 69.7 Å². The van der Waals surface area contributed by atoms with Crippen LogP contribution in [0.4, 0.5) is 0 Å². The normalized spacial score (nSPS) is 16.8. The minimum absolute atomic E-state index is 0.00861. The van der Waals surface area contributed by atoms with E-state index in [2.05, 4.69) is 19.2 Å². The summed E-state index contributed by atoms with van der Waals surface area (Å²) in [5.74, 6) is -0.0223. The molecule has 174 valence electrons. The molecule has 0 aromatic heterocycles. The second-order valence-electron chi connectivity index (χ2n) is 8.73. The van der Waals surface area contributed by atoms with Crippen molar-refractivity contribution in [1.82, 2.24) is 9.62 Å². The topological polar surface area (TPSA) is 66.5 Å². The molecule has 1 heterocycles. The molecule has 32 heavy (non-hydrogen) atoms. The lowest BCUT2D eigenvalue weighted by molar-refractivity contribution is -0.127. The van der Waals surface area contributed by atoms with Gasteiger partial charge in [-0.1, -0.05) is 73.4 Å². The summed E-state index contributed by atoms with van der Waals surface area (Å²) in [4.78, 5) is 13.0. The van der Waals surface area contributed by atoms with E-state index in [1.807, 2.05) is 30.3 Å². The first-order chi connectivity index (χ1) is 15.2. The van der Waals surface area contributed by atoms with E-state index in [-0.39, 0.29) is 23.6 Å². The molecule has 8 heteroatoms. The van der Waals surface area contributed by atoms with Crippen LogP contribution in [0, 0.1) is 11.8 Å². The minimum atomic E-state index is -3.58. The molecule has 1 N–H and O–H groups in total. The predicted molar refractivity (Wildman–Crippen MR) is 130 cm³/mol. The Morgan fingerprint density at radius 3 is 2.19 bits per heavy atom. The number of carbonyl (C=O) groups excluding carboxylic acids is 1. The average molecular weight is 497 g/mol. The van der Waals surface area contributed by atoms with Gasteiger partial charge in [0, 0.05) is 34.6 Å². The number of rotatable bonds is 8. The third kappa shape index (κ3) is 6.47. The summed E-state index contributed by atoms with van der Waals surface area (Å²) in [6.45, 7) is 4.89. The summed E-state index contributed by atoms with van der Waals surface area (Å²) in [5, 5.41) is 3.88. The number of hydrogen-bond donors (Lipinski definition) is 1. The fourth-order valence-electron chi connectivity index (χ4n) is 4.06. The Bertz CT molecular complexity index is 1000. The Labute approximate surface area is 201 Å². The number of hydrogen-bond acceptors (Lipinski definition) is 3. The van der Waals surface area contributed by atoms with Crippen LogP contribution in [0.5, 0.6) is 0 Å². The van der Waals surface area contributed by atoms with Crippen LogP contribution in [0.1, 0.15) is 50.3 Å². The van der Waals surface area contributed by atoms with Crippen LogP contribution in [0.25, 0.3) is 0 Å². The fourth-order valence-corrected chi connectivity index (χ4v) is 6.38. The number of sulfonamides is 1. The van der Waals surface area contributed by atoms with Gasteiger partial charge in [0.15, 0.2) is 0 Å². The molecule has 3 rings (SSSR count). The van der Waals surface area contributed by atoms with Crippen molar-refractivity contribution in [3.63, 3.8) is 0 Å². The van der Waals surface area contributed by atoms with Gasteiger partial charge in [-0.15, -0.1) is 0 Å². The van der Waals surface area contributed by atoms with Crippen molar-refractivity contribution in [1.29, 1.82) is 0 Å². The van der Waals surface area contributed by atoms with Crippen LogP contribution in [0.3, 0.4) is 0 Å². The summed E-state index contributed by atoms with van der Waals surface area (Å²) >= 11 is 12.3. The molecule has 1 aliphatic heterocycles. The van der Waals surface area contributed by atoms with E-state index in [1.54, 1.807) is 18.2 Å². The first-order valence-corrected chi connectivity index (χ1v) is 13.3. The lowest BCUT2D eigenvalue weighted by Crippen LogP contribution is -2.44. The SMILES string of the molecule is CC(C)C[C@H](NC(=O)C1CCN(S(=O)(=O)Cc2c(Cl)cccc2Cl)CC1)c1ccccc1. The van der Waals surface area contributed by atoms with E-state index in [0.717, 1.165) is 12.0 Å². The van der Waals surface area contributed by atoms with Crippen LogP contribution in [-0.2, 0) is 20.6 Å². The molecular formula is C24H30Cl2N2O3S. The zero-order valence-corrected chi connectivity index (χ0v) is 20.8. The van der Waals surface area contributed by atoms with Gasteiger partial charge < -0.3 is 5.32 Å². The van der Waals surface area contributed by atoms with Gasteiger partial charge in [-0.05, 0) is 42.9 Å². The van der Waals surface area contributed by atoms with Crippen molar-refractivity contribution >= 4 is 39.1 Å². The number of nitrogens with one attached hydrogen (secondary N) is 1. The summed E-state index contributed by atoms with van der Waals surface area (Å²) in [7, 11) is -3.58. The highest BCUT2D eigenvalue weighted by Crippen LogP contribution is 2.29. The lowest BCUT2D eigenvalue weighted by Gasteiger charge is -2.32. The van der Waals surface area contributed by atoms with E-state index in [1.165, 1.54) is 4.31 Å². The molecule has 1 fully saturated rings. The molecule has 2 aromatic carbocycles. The van der Waals surface area contributed by atoms with Gasteiger partial charge in [0.25, 0.3) is 0 Å². The van der Waals surface area contributed by atoms with Gasteiger partial charge in [-0.3, -0.25) is 4.79 Å². The van der Waals surface area contributed by atoms with Crippen LogP contribution in [0.15, 0.2) is 48.5 Å². The van der Waals surface area contributed by atoms with Crippen LogP contribution < -0.4 is 5.32 Å². The maximum Gasteiger partial charge on any atom is 0.223 e. The van der Waals surface area contributed by atoms with Crippen LogP contribution in [0.2, 0.25) is 10.0 Å². The molecule has 0 aliphatic carbocycles. The van der Waals surface area contributed by atoms with Gasteiger partial charge in [0.1, 0.15) is 0 Å². The summed E-state index contributed by atoms with van der Waals surface area (Å²) in [6, 6.07) is 14.9. The predicted octanol–water partition coefficient (Wildman–Crippen LogP) is 5.44. The second-order valence-corrected chi connectivity index (χ2v) is 11.5. The number of amides is 1. The van der Waals surface area contributed by atoms with E-state index in [0.29, 0.717) is 47.5 Å². The van der Waals surface area contributed by atoms with Crippen molar-refractivity contribution in [3.8, 4) is 0 Å². The smallest absolute Gasteiger partial charge is 0.223 e. The van der Waals surface area contributed by atoms with Crippen LogP contribution >= 0.6 is 23.2 Å². The maximum atomic E-state index is 13.0. The van der Waals surface area contributed by atoms with E-state index in [4.69, 9.17) is 23.2 Å².